The summed E-state index contributed by atoms with van der Waals surface area (Å²) in [5, 5.41) is 5.64. The first-order valence-corrected chi connectivity index (χ1v) is 4.89. The van der Waals surface area contributed by atoms with Crippen LogP contribution in [-0.2, 0) is 5.88 Å². The van der Waals surface area contributed by atoms with Crippen molar-refractivity contribution in [3.8, 4) is 0 Å². The summed E-state index contributed by atoms with van der Waals surface area (Å²) in [4.78, 5) is 0.328. The molecule has 0 aliphatic carbocycles. The minimum atomic E-state index is -0.387. The van der Waals surface area contributed by atoms with Crippen molar-refractivity contribution >= 4 is 35.1 Å². The van der Waals surface area contributed by atoms with Crippen molar-refractivity contribution in [1.82, 2.24) is 0 Å². The molecule has 0 fully saturated rings. The first-order valence-electron chi connectivity index (χ1n) is 3.09. The summed E-state index contributed by atoms with van der Waals surface area (Å²) < 4.78 is 13.0. The number of nitrogens with two attached hydrogens (primary N) is 1. The molecule has 0 spiro atoms. The molecule has 1 rings (SSSR count). The Hall–Kier alpha value is 0.0400. The molecule has 1 nitrogen and oxygen atoms in total. The summed E-state index contributed by atoms with van der Waals surface area (Å²) >= 11 is 12.1. The minimum absolute atomic E-state index is 0.200. The lowest BCUT2D eigenvalue weighted by atomic mass is 10.2. The van der Waals surface area contributed by atoms with Gasteiger partial charge in [-0.2, -0.15) is 0 Å². The van der Waals surface area contributed by atoms with E-state index in [9.17, 15) is 4.39 Å². The molecular weight excluding hydrogens is 220 g/mol. The monoisotopic (exact) mass is 225 g/mol. The van der Waals surface area contributed by atoms with Gasteiger partial charge in [0.15, 0.2) is 0 Å². The number of hydrogen-bond acceptors (Lipinski definition) is 2. The van der Waals surface area contributed by atoms with Gasteiger partial charge in [0.25, 0.3) is 0 Å². The lowest BCUT2D eigenvalue weighted by Crippen LogP contribution is -1.89. The molecule has 0 saturated carbocycles. The molecule has 0 aliphatic rings. The van der Waals surface area contributed by atoms with Gasteiger partial charge < -0.3 is 0 Å². The van der Waals surface area contributed by atoms with Gasteiger partial charge in [-0.1, -0.05) is 11.6 Å². The highest BCUT2D eigenvalue weighted by Crippen LogP contribution is 2.26. The largest absolute Gasteiger partial charge is 0.274 e. The predicted octanol–water partition coefficient (Wildman–Crippen LogP) is 3.18. The first kappa shape index (κ1) is 10.1. The van der Waals surface area contributed by atoms with Crippen LogP contribution in [0.4, 0.5) is 4.39 Å². The third-order valence-corrected chi connectivity index (χ3v) is 2.58. The Morgan fingerprint density at radius 1 is 1.50 bits per heavy atom. The third-order valence-electron chi connectivity index (χ3n) is 1.37. The summed E-state index contributed by atoms with van der Waals surface area (Å²) in [5.41, 5.74) is 0.577. The molecule has 66 valence electrons. The zero-order valence-electron chi connectivity index (χ0n) is 5.98. The number of rotatable bonds is 2. The van der Waals surface area contributed by atoms with Crippen LogP contribution in [0, 0.1) is 5.82 Å². The fourth-order valence-electron chi connectivity index (χ4n) is 0.762. The predicted molar refractivity (Wildman–Crippen MR) is 51.0 cm³/mol. The summed E-state index contributed by atoms with van der Waals surface area (Å²) in [6.07, 6.45) is 0. The zero-order valence-corrected chi connectivity index (χ0v) is 8.31. The molecule has 0 saturated heterocycles. The third kappa shape index (κ3) is 2.04. The summed E-state index contributed by atoms with van der Waals surface area (Å²) in [7, 11) is 0. The summed E-state index contributed by atoms with van der Waals surface area (Å²) in [6.45, 7) is 0. The van der Waals surface area contributed by atoms with Crippen LogP contribution in [0.5, 0.6) is 0 Å². The second-order valence-corrected chi connectivity index (χ2v) is 3.48. The summed E-state index contributed by atoms with van der Waals surface area (Å²) in [5.74, 6) is -0.187. The van der Waals surface area contributed by atoms with E-state index in [1.807, 2.05) is 0 Å². The Morgan fingerprint density at radius 3 is 2.67 bits per heavy atom. The maximum absolute atomic E-state index is 13.0. The normalized spacial score (nSPS) is 10.3. The Labute approximate surface area is 84.2 Å². The Morgan fingerprint density at radius 2 is 2.17 bits per heavy atom. The number of hydrogen-bond donors (Lipinski definition) is 1. The van der Waals surface area contributed by atoms with Crippen LogP contribution in [0.25, 0.3) is 0 Å². The summed E-state index contributed by atoms with van der Waals surface area (Å²) in [6, 6.07) is 2.77. The van der Waals surface area contributed by atoms with E-state index in [4.69, 9.17) is 28.3 Å². The number of alkyl halides is 1. The molecule has 1 aromatic rings. The van der Waals surface area contributed by atoms with Gasteiger partial charge in [-0.15, -0.1) is 11.6 Å². The van der Waals surface area contributed by atoms with Gasteiger partial charge in [-0.25, -0.2) is 4.39 Å². The average molecular weight is 226 g/mol. The van der Waals surface area contributed by atoms with Gasteiger partial charge >= 0.3 is 0 Å². The van der Waals surface area contributed by atoms with Crippen molar-refractivity contribution < 1.29 is 4.39 Å². The van der Waals surface area contributed by atoms with E-state index >= 15 is 0 Å². The van der Waals surface area contributed by atoms with Gasteiger partial charge in [-0.3, -0.25) is 5.14 Å². The average Bonchev–Trinajstić information content (AvgIpc) is 2.08. The Kier molecular flexibility index (Phi) is 3.65. The standard InChI is InChI=1S/C7H6Cl2FNS/c8-3-4-1-6(10)7(12-11)2-5(4)9/h1-2H,3,11H2. The molecule has 0 heterocycles. The molecule has 0 amide bonds. The minimum Gasteiger partial charge on any atom is -0.274 e. The molecule has 0 unspecified atom stereocenters. The fraction of sp³-hybridized carbons (Fsp3) is 0.143. The Bertz CT molecular complexity index is 263. The fourth-order valence-corrected chi connectivity index (χ4v) is 1.70. The number of halogens is 3. The van der Waals surface area contributed by atoms with Gasteiger partial charge in [0.05, 0.1) is 4.90 Å². The second-order valence-electron chi connectivity index (χ2n) is 2.13. The SMILES string of the molecule is NSc1cc(Cl)c(CCl)cc1F. The van der Waals surface area contributed by atoms with E-state index in [1.165, 1.54) is 12.1 Å². The van der Waals surface area contributed by atoms with Crippen LogP contribution in [0.2, 0.25) is 5.02 Å². The van der Waals surface area contributed by atoms with Crippen LogP contribution in [0.3, 0.4) is 0 Å². The molecule has 2 N–H and O–H groups in total. The second kappa shape index (κ2) is 4.33. The van der Waals surface area contributed by atoms with Crippen LogP contribution >= 0.6 is 35.1 Å². The molecular formula is C7H6Cl2FNS. The van der Waals surface area contributed by atoms with E-state index in [0.717, 1.165) is 11.9 Å². The van der Waals surface area contributed by atoms with Crippen molar-refractivity contribution in [2.75, 3.05) is 0 Å². The molecule has 0 bridgehead atoms. The van der Waals surface area contributed by atoms with Gasteiger partial charge in [-0.05, 0) is 29.6 Å². The molecule has 5 heteroatoms. The smallest absolute Gasteiger partial charge is 0.138 e. The highest BCUT2D eigenvalue weighted by atomic mass is 35.5. The highest BCUT2D eigenvalue weighted by molar-refractivity contribution is 7.97. The maximum Gasteiger partial charge on any atom is 0.138 e. The molecule has 0 radical (unpaired) electrons. The number of benzene rings is 1. The van der Waals surface area contributed by atoms with Gasteiger partial charge in [0, 0.05) is 10.9 Å². The van der Waals surface area contributed by atoms with Crippen LogP contribution in [0.15, 0.2) is 17.0 Å². The lowest BCUT2D eigenvalue weighted by Gasteiger charge is -2.03. The molecule has 0 aromatic heterocycles. The first-order chi connectivity index (χ1) is 5.69. The highest BCUT2D eigenvalue weighted by Gasteiger charge is 2.06. The van der Waals surface area contributed by atoms with Crippen molar-refractivity contribution in [2.24, 2.45) is 5.14 Å². The maximum atomic E-state index is 13.0. The van der Waals surface area contributed by atoms with E-state index < -0.39 is 0 Å². The van der Waals surface area contributed by atoms with Crippen LogP contribution in [-0.4, -0.2) is 0 Å². The quantitative estimate of drug-likeness (QED) is 0.619. The van der Waals surface area contributed by atoms with Gasteiger partial charge in [0.2, 0.25) is 0 Å². The van der Waals surface area contributed by atoms with Crippen LogP contribution in [0.1, 0.15) is 5.56 Å². The van der Waals surface area contributed by atoms with E-state index in [-0.39, 0.29) is 11.7 Å². The van der Waals surface area contributed by atoms with Crippen molar-refractivity contribution in [2.45, 2.75) is 10.8 Å². The zero-order chi connectivity index (χ0) is 9.14. The van der Waals surface area contributed by atoms with Crippen LogP contribution < -0.4 is 5.14 Å². The van der Waals surface area contributed by atoms with Crippen molar-refractivity contribution in [3.05, 3.63) is 28.5 Å². The van der Waals surface area contributed by atoms with E-state index in [2.05, 4.69) is 0 Å². The van der Waals surface area contributed by atoms with E-state index in [0.29, 0.717) is 15.5 Å². The molecule has 12 heavy (non-hydrogen) atoms. The molecule has 0 aliphatic heterocycles. The van der Waals surface area contributed by atoms with E-state index in [1.54, 1.807) is 0 Å². The van der Waals surface area contributed by atoms with Crippen molar-refractivity contribution in [3.63, 3.8) is 0 Å². The molecule has 0 atom stereocenters. The van der Waals surface area contributed by atoms with Gasteiger partial charge in [0.1, 0.15) is 5.82 Å². The van der Waals surface area contributed by atoms with Crippen molar-refractivity contribution in [1.29, 1.82) is 0 Å². The lowest BCUT2D eigenvalue weighted by molar-refractivity contribution is 0.600. The molecule has 1 aromatic carbocycles. The topological polar surface area (TPSA) is 26.0 Å². The Balaban J connectivity index is 3.16.